The Morgan fingerprint density at radius 1 is 1.20 bits per heavy atom. The van der Waals surface area contributed by atoms with E-state index in [0.717, 1.165) is 25.9 Å². The second-order valence-corrected chi connectivity index (χ2v) is 5.10. The molecule has 6 nitrogen and oxygen atoms in total. The fourth-order valence-corrected chi connectivity index (χ4v) is 2.23. The second kappa shape index (κ2) is 6.49. The molecule has 20 heavy (non-hydrogen) atoms. The quantitative estimate of drug-likeness (QED) is 0.728. The molecule has 1 aromatic rings. The van der Waals surface area contributed by atoms with Gasteiger partial charge in [-0.2, -0.15) is 0 Å². The van der Waals surface area contributed by atoms with Gasteiger partial charge >= 0.3 is 0 Å². The maximum absolute atomic E-state index is 11.9. The van der Waals surface area contributed by atoms with Crippen molar-refractivity contribution in [2.75, 3.05) is 25.0 Å². The molecule has 5 N–H and O–H groups in total. The Labute approximate surface area is 118 Å². The Bertz CT molecular complexity index is 478. The predicted octanol–water partition coefficient (Wildman–Crippen LogP) is 0.147. The summed E-state index contributed by atoms with van der Waals surface area (Å²) in [5, 5.41) is 2.80. The van der Waals surface area contributed by atoms with Crippen molar-refractivity contribution in [3.05, 3.63) is 29.8 Å². The average Bonchev–Trinajstić information content (AvgIpc) is 2.42. The van der Waals surface area contributed by atoms with Gasteiger partial charge in [-0.3, -0.25) is 14.5 Å². The smallest absolute Gasteiger partial charge is 0.248 e. The zero-order valence-electron chi connectivity index (χ0n) is 11.3. The summed E-state index contributed by atoms with van der Waals surface area (Å²) < 4.78 is 0. The van der Waals surface area contributed by atoms with Crippen LogP contribution in [0.15, 0.2) is 24.3 Å². The molecule has 2 amide bonds. The van der Waals surface area contributed by atoms with E-state index in [4.69, 9.17) is 11.5 Å². The van der Waals surface area contributed by atoms with Crippen molar-refractivity contribution in [1.29, 1.82) is 0 Å². The highest BCUT2D eigenvalue weighted by atomic mass is 16.2. The van der Waals surface area contributed by atoms with Crippen LogP contribution in [0.2, 0.25) is 0 Å². The third-order valence-corrected chi connectivity index (χ3v) is 3.45. The van der Waals surface area contributed by atoms with Gasteiger partial charge in [0.15, 0.2) is 0 Å². The summed E-state index contributed by atoms with van der Waals surface area (Å²) in [6.07, 6.45) is 1.86. The monoisotopic (exact) mass is 276 g/mol. The molecule has 108 valence electrons. The summed E-state index contributed by atoms with van der Waals surface area (Å²) in [6, 6.07) is 6.79. The van der Waals surface area contributed by atoms with Crippen LogP contribution in [0.4, 0.5) is 5.69 Å². The topological polar surface area (TPSA) is 101 Å². The van der Waals surface area contributed by atoms with Gasteiger partial charge in [0.2, 0.25) is 11.8 Å². The zero-order chi connectivity index (χ0) is 14.5. The van der Waals surface area contributed by atoms with E-state index >= 15 is 0 Å². The molecule has 0 unspecified atom stereocenters. The Morgan fingerprint density at radius 2 is 1.80 bits per heavy atom. The molecule has 0 aromatic heterocycles. The number of rotatable bonds is 4. The van der Waals surface area contributed by atoms with Gasteiger partial charge in [0.25, 0.3) is 0 Å². The molecule has 2 rings (SSSR count). The number of anilines is 1. The number of nitrogens with zero attached hydrogens (tertiary/aromatic N) is 1. The Morgan fingerprint density at radius 3 is 2.35 bits per heavy atom. The number of carbonyl (C=O) groups is 2. The van der Waals surface area contributed by atoms with Crippen molar-refractivity contribution in [1.82, 2.24) is 4.90 Å². The highest BCUT2D eigenvalue weighted by Gasteiger charge is 2.18. The van der Waals surface area contributed by atoms with Crippen LogP contribution in [0.3, 0.4) is 0 Å². The number of hydrogen-bond donors (Lipinski definition) is 3. The second-order valence-electron chi connectivity index (χ2n) is 5.10. The van der Waals surface area contributed by atoms with E-state index in [1.54, 1.807) is 24.3 Å². The number of carbonyl (C=O) groups excluding carboxylic acids is 2. The number of amides is 2. The van der Waals surface area contributed by atoms with Crippen LogP contribution in [0.25, 0.3) is 0 Å². The molecule has 1 aromatic carbocycles. The fourth-order valence-electron chi connectivity index (χ4n) is 2.23. The lowest BCUT2D eigenvalue weighted by molar-refractivity contribution is -0.117. The lowest BCUT2D eigenvalue weighted by Gasteiger charge is -2.29. The van der Waals surface area contributed by atoms with E-state index in [1.165, 1.54) is 0 Å². The number of primary amides is 1. The molecule has 1 fully saturated rings. The summed E-state index contributed by atoms with van der Waals surface area (Å²) in [5.74, 6) is -0.542. The standard InChI is InChI=1S/C14H20N4O2/c15-11-5-7-18(8-6-11)9-13(19)17-12-3-1-10(2-4-12)14(16)20/h1-4,11H,5-9,15H2,(H2,16,20)(H,17,19). The van der Waals surface area contributed by atoms with E-state index in [2.05, 4.69) is 10.2 Å². The van der Waals surface area contributed by atoms with E-state index in [1.807, 2.05) is 0 Å². The van der Waals surface area contributed by atoms with Crippen LogP contribution in [0.5, 0.6) is 0 Å². The van der Waals surface area contributed by atoms with Gasteiger partial charge < -0.3 is 16.8 Å². The minimum atomic E-state index is -0.479. The molecule has 1 aliphatic heterocycles. The third-order valence-electron chi connectivity index (χ3n) is 3.45. The van der Waals surface area contributed by atoms with E-state index in [9.17, 15) is 9.59 Å². The van der Waals surface area contributed by atoms with Crippen molar-refractivity contribution in [3.8, 4) is 0 Å². The van der Waals surface area contributed by atoms with Gasteiger partial charge in [0, 0.05) is 30.4 Å². The first-order chi connectivity index (χ1) is 9.54. The number of nitrogens with one attached hydrogen (secondary N) is 1. The molecular weight excluding hydrogens is 256 g/mol. The van der Waals surface area contributed by atoms with Gasteiger partial charge in [0.05, 0.1) is 6.54 Å². The first-order valence-electron chi connectivity index (χ1n) is 6.72. The lowest BCUT2D eigenvalue weighted by atomic mass is 10.1. The van der Waals surface area contributed by atoms with Crippen molar-refractivity contribution in [3.63, 3.8) is 0 Å². The molecule has 1 heterocycles. The molecule has 0 bridgehead atoms. The average molecular weight is 276 g/mol. The van der Waals surface area contributed by atoms with Crippen LogP contribution < -0.4 is 16.8 Å². The SMILES string of the molecule is NC(=O)c1ccc(NC(=O)CN2CCC(N)CC2)cc1. The van der Waals surface area contributed by atoms with Gasteiger partial charge in [-0.25, -0.2) is 0 Å². The van der Waals surface area contributed by atoms with Gasteiger partial charge in [-0.1, -0.05) is 0 Å². The van der Waals surface area contributed by atoms with Crippen molar-refractivity contribution in [2.45, 2.75) is 18.9 Å². The summed E-state index contributed by atoms with van der Waals surface area (Å²) in [4.78, 5) is 24.9. The van der Waals surface area contributed by atoms with Crippen LogP contribution in [-0.2, 0) is 4.79 Å². The third kappa shape index (κ3) is 4.04. The summed E-state index contributed by atoms with van der Waals surface area (Å²) in [7, 11) is 0. The van der Waals surface area contributed by atoms with Crippen LogP contribution in [0, 0.1) is 0 Å². The van der Waals surface area contributed by atoms with E-state index < -0.39 is 5.91 Å². The molecular formula is C14H20N4O2. The Hall–Kier alpha value is -1.92. The molecule has 1 aliphatic rings. The summed E-state index contributed by atoms with van der Waals surface area (Å²) in [6.45, 7) is 2.08. The van der Waals surface area contributed by atoms with E-state index in [0.29, 0.717) is 17.8 Å². The summed E-state index contributed by atoms with van der Waals surface area (Å²) >= 11 is 0. The van der Waals surface area contributed by atoms with E-state index in [-0.39, 0.29) is 11.9 Å². The largest absolute Gasteiger partial charge is 0.366 e. The highest BCUT2D eigenvalue weighted by molar-refractivity contribution is 5.95. The van der Waals surface area contributed by atoms with Gasteiger partial charge in [-0.05, 0) is 37.1 Å². The predicted molar refractivity (Wildman–Crippen MR) is 77.2 cm³/mol. The molecule has 0 atom stereocenters. The molecule has 1 saturated heterocycles. The molecule has 0 saturated carbocycles. The minimum Gasteiger partial charge on any atom is -0.366 e. The molecule has 0 spiro atoms. The highest BCUT2D eigenvalue weighted by Crippen LogP contribution is 2.11. The Kier molecular flexibility index (Phi) is 4.70. The number of benzene rings is 1. The molecule has 0 radical (unpaired) electrons. The molecule has 0 aliphatic carbocycles. The van der Waals surface area contributed by atoms with Crippen LogP contribution >= 0.6 is 0 Å². The van der Waals surface area contributed by atoms with Crippen molar-refractivity contribution < 1.29 is 9.59 Å². The van der Waals surface area contributed by atoms with Crippen LogP contribution in [0.1, 0.15) is 23.2 Å². The zero-order valence-corrected chi connectivity index (χ0v) is 11.3. The Balaban J connectivity index is 1.83. The fraction of sp³-hybridized carbons (Fsp3) is 0.429. The first kappa shape index (κ1) is 14.5. The number of hydrogen-bond acceptors (Lipinski definition) is 4. The first-order valence-corrected chi connectivity index (χ1v) is 6.72. The number of piperidine rings is 1. The minimum absolute atomic E-state index is 0.0627. The number of nitrogens with two attached hydrogens (primary N) is 2. The van der Waals surface area contributed by atoms with Crippen LogP contribution in [-0.4, -0.2) is 42.4 Å². The maximum atomic E-state index is 11.9. The number of likely N-dealkylation sites (tertiary alicyclic amines) is 1. The van der Waals surface area contributed by atoms with Gasteiger partial charge in [0.1, 0.15) is 0 Å². The molecule has 6 heteroatoms. The summed E-state index contributed by atoms with van der Waals surface area (Å²) in [5.41, 5.74) is 12.1. The normalized spacial score (nSPS) is 16.9. The maximum Gasteiger partial charge on any atom is 0.248 e. The lowest BCUT2D eigenvalue weighted by Crippen LogP contribution is -2.43. The van der Waals surface area contributed by atoms with Crippen molar-refractivity contribution >= 4 is 17.5 Å². The van der Waals surface area contributed by atoms with Gasteiger partial charge in [-0.15, -0.1) is 0 Å². The van der Waals surface area contributed by atoms with Crippen molar-refractivity contribution in [2.24, 2.45) is 11.5 Å².